The minimum Gasteiger partial charge on any atom is -0.370 e. The summed E-state index contributed by atoms with van der Waals surface area (Å²) in [5.41, 5.74) is 1.30. The summed E-state index contributed by atoms with van der Waals surface area (Å²) in [5.74, 6) is 1.97. The van der Waals surface area contributed by atoms with Gasteiger partial charge in [0, 0.05) is 31.4 Å². The number of pyridine rings is 1. The van der Waals surface area contributed by atoms with E-state index in [0.29, 0.717) is 0 Å². The minimum atomic E-state index is 0.927. The van der Waals surface area contributed by atoms with E-state index in [1.165, 1.54) is 31.4 Å². The van der Waals surface area contributed by atoms with Gasteiger partial charge in [-0.3, -0.25) is 0 Å². The first-order valence-electron chi connectivity index (χ1n) is 6.66. The van der Waals surface area contributed by atoms with Crippen LogP contribution >= 0.6 is 0 Å². The number of hydrogen-bond donors (Lipinski definition) is 1. The Morgan fingerprint density at radius 2 is 2.29 bits per heavy atom. The monoisotopic (exact) mass is 233 g/mol. The Hall–Kier alpha value is -1.09. The summed E-state index contributed by atoms with van der Waals surface area (Å²) >= 11 is 0. The largest absolute Gasteiger partial charge is 0.370 e. The Balaban J connectivity index is 1.91. The maximum Gasteiger partial charge on any atom is 0.130 e. The number of hydrogen-bond acceptors (Lipinski definition) is 3. The lowest BCUT2D eigenvalue weighted by Crippen LogP contribution is -2.29. The van der Waals surface area contributed by atoms with Crippen molar-refractivity contribution < 1.29 is 0 Å². The summed E-state index contributed by atoms with van der Waals surface area (Å²) < 4.78 is 0. The van der Waals surface area contributed by atoms with Gasteiger partial charge in [-0.05, 0) is 38.8 Å². The number of nitrogens with zero attached hydrogens (tertiary/aromatic N) is 2. The molecule has 0 spiro atoms. The first kappa shape index (κ1) is 12.4. The van der Waals surface area contributed by atoms with Gasteiger partial charge in [0.05, 0.1) is 0 Å². The number of aromatic nitrogens is 1. The average molecular weight is 233 g/mol. The van der Waals surface area contributed by atoms with E-state index >= 15 is 0 Å². The van der Waals surface area contributed by atoms with Gasteiger partial charge < -0.3 is 10.2 Å². The smallest absolute Gasteiger partial charge is 0.130 e. The van der Waals surface area contributed by atoms with Gasteiger partial charge in [0.2, 0.25) is 0 Å². The molecule has 94 valence electrons. The van der Waals surface area contributed by atoms with Crippen LogP contribution in [0, 0.1) is 5.92 Å². The molecular formula is C14H23N3. The zero-order valence-electron chi connectivity index (χ0n) is 10.9. The lowest BCUT2D eigenvalue weighted by molar-refractivity contribution is 0.200. The zero-order chi connectivity index (χ0) is 12.1. The maximum atomic E-state index is 4.40. The molecule has 2 rings (SSSR count). The van der Waals surface area contributed by atoms with Crippen LogP contribution in [-0.2, 0) is 6.54 Å². The lowest BCUT2D eigenvalue weighted by atomic mass is 9.85. The molecule has 0 aromatic carbocycles. The molecule has 0 radical (unpaired) electrons. The number of rotatable bonds is 6. The highest BCUT2D eigenvalue weighted by Gasteiger charge is 2.19. The second-order valence-corrected chi connectivity index (χ2v) is 5.04. The van der Waals surface area contributed by atoms with Crippen LogP contribution in [0.15, 0.2) is 18.3 Å². The van der Waals surface area contributed by atoms with Crippen LogP contribution in [-0.4, -0.2) is 30.0 Å². The number of nitrogens with one attached hydrogen (secondary N) is 1. The van der Waals surface area contributed by atoms with Crippen LogP contribution in [0.3, 0.4) is 0 Å². The van der Waals surface area contributed by atoms with E-state index in [1.807, 2.05) is 12.3 Å². The van der Waals surface area contributed by atoms with Gasteiger partial charge in [-0.15, -0.1) is 0 Å². The molecule has 0 unspecified atom stereocenters. The van der Waals surface area contributed by atoms with Crippen molar-refractivity contribution in [1.82, 2.24) is 9.88 Å². The first-order valence-corrected chi connectivity index (χ1v) is 6.66. The molecule has 1 aromatic rings. The molecule has 0 bridgehead atoms. The van der Waals surface area contributed by atoms with E-state index in [4.69, 9.17) is 0 Å². The van der Waals surface area contributed by atoms with Crippen molar-refractivity contribution in [3.8, 4) is 0 Å². The Kier molecular flexibility index (Phi) is 4.37. The van der Waals surface area contributed by atoms with Crippen molar-refractivity contribution in [2.24, 2.45) is 5.92 Å². The van der Waals surface area contributed by atoms with Crippen LogP contribution in [0.5, 0.6) is 0 Å². The molecule has 1 aromatic heterocycles. The third-order valence-corrected chi connectivity index (χ3v) is 3.47. The van der Waals surface area contributed by atoms with E-state index in [-0.39, 0.29) is 0 Å². The highest BCUT2D eigenvalue weighted by Crippen LogP contribution is 2.27. The average Bonchev–Trinajstić information content (AvgIpc) is 2.27. The molecule has 3 nitrogen and oxygen atoms in total. The lowest BCUT2D eigenvalue weighted by Gasteiger charge is -2.30. The predicted octanol–water partition coefficient (Wildman–Crippen LogP) is 2.75. The summed E-state index contributed by atoms with van der Waals surface area (Å²) in [7, 11) is 2.21. The van der Waals surface area contributed by atoms with Crippen molar-refractivity contribution >= 4 is 5.82 Å². The number of anilines is 1. The molecule has 1 heterocycles. The van der Waals surface area contributed by atoms with Crippen LogP contribution < -0.4 is 5.32 Å². The molecule has 3 heteroatoms. The summed E-state index contributed by atoms with van der Waals surface area (Å²) in [6.45, 7) is 5.25. The van der Waals surface area contributed by atoms with Crippen molar-refractivity contribution in [1.29, 1.82) is 0 Å². The Bertz CT molecular complexity index is 347. The fourth-order valence-electron chi connectivity index (χ4n) is 2.36. The molecular weight excluding hydrogens is 210 g/mol. The molecule has 0 aliphatic heterocycles. The highest BCUT2D eigenvalue weighted by atomic mass is 15.1. The maximum absolute atomic E-state index is 4.40. The van der Waals surface area contributed by atoms with Crippen molar-refractivity contribution in [3.05, 3.63) is 23.9 Å². The van der Waals surface area contributed by atoms with Gasteiger partial charge in [0.1, 0.15) is 5.82 Å². The minimum absolute atomic E-state index is 0.927. The van der Waals surface area contributed by atoms with Crippen molar-refractivity contribution in [2.45, 2.75) is 32.7 Å². The molecule has 0 saturated heterocycles. The van der Waals surface area contributed by atoms with Crippen molar-refractivity contribution in [3.63, 3.8) is 0 Å². The second-order valence-electron chi connectivity index (χ2n) is 5.04. The SMILES string of the molecule is CCNc1ncccc1CN(C)CC1CCC1. The Morgan fingerprint density at radius 3 is 2.94 bits per heavy atom. The molecule has 1 aliphatic rings. The molecule has 1 aliphatic carbocycles. The quantitative estimate of drug-likeness (QED) is 0.819. The zero-order valence-corrected chi connectivity index (χ0v) is 10.9. The third kappa shape index (κ3) is 3.43. The standard InChI is InChI=1S/C14H23N3/c1-3-15-14-13(8-5-9-16-14)11-17(2)10-12-6-4-7-12/h5,8-9,12H,3-4,6-7,10-11H2,1-2H3,(H,15,16). The first-order chi connectivity index (χ1) is 8.29. The molecule has 1 saturated carbocycles. The van der Waals surface area contributed by atoms with E-state index in [2.05, 4.69) is 35.2 Å². The van der Waals surface area contributed by atoms with E-state index in [9.17, 15) is 0 Å². The Labute approximate surface area is 104 Å². The van der Waals surface area contributed by atoms with Gasteiger partial charge in [-0.2, -0.15) is 0 Å². The summed E-state index contributed by atoms with van der Waals surface area (Å²) in [6.07, 6.45) is 6.11. The van der Waals surface area contributed by atoms with E-state index in [0.717, 1.165) is 24.8 Å². The van der Waals surface area contributed by atoms with E-state index in [1.54, 1.807) is 0 Å². The van der Waals surface area contributed by atoms with E-state index < -0.39 is 0 Å². The Morgan fingerprint density at radius 1 is 1.47 bits per heavy atom. The van der Waals surface area contributed by atoms with Crippen LogP contribution in [0.25, 0.3) is 0 Å². The van der Waals surface area contributed by atoms with Gasteiger partial charge in [0.25, 0.3) is 0 Å². The van der Waals surface area contributed by atoms with Gasteiger partial charge >= 0.3 is 0 Å². The normalized spacial score (nSPS) is 15.9. The molecule has 17 heavy (non-hydrogen) atoms. The summed E-state index contributed by atoms with van der Waals surface area (Å²) in [6, 6.07) is 4.19. The summed E-state index contributed by atoms with van der Waals surface area (Å²) in [4.78, 5) is 6.82. The van der Waals surface area contributed by atoms with Crippen molar-refractivity contribution in [2.75, 3.05) is 25.5 Å². The van der Waals surface area contributed by atoms with Gasteiger partial charge in [0.15, 0.2) is 0 Å². The molecule has 0 amide bonds. The fraction of sp³-hybridized carbons (Fsp3) is 0.643. The summed E-state index contributed by atoms with van der Waals surface area (Å²) in [5, 5.41) is 3.32. The van der Waals surface area contributed by atoms with Crippen LogP contribution in [0.1, 0.15) is 31.7 Å². The van der Waals surface area contributed by atoms with Gasteiger partial charge in [-0.1, -0.05) is 12.5 Å². The highest BCUT2D eigenvalue weighted by molar-refractivity contribution is 5.43. The van der Waals surface area contributed by atoms with Gasteiger partial charge in [-0.25, -0.2) is 4.98 Å². The predicted molar refractivity (Wildman–Crippen MR) is 72.1 cm³/mol. The third-order valence-electron chi connectivity index (χ3n) is 3.47. The molecule has 1 N–H and O–H groups in total. The fourth-order valence-corrected chi connectivity index (χ4v) is 2.36. The second kappa shape index (κ2) is 6.01. The molecule has 0 atom stereocenters. The van der Waals surface area contributed by atoms with Crippen LogP contribution in [0.4, 0.5) is 5.82 Å². The molecule has 1 fully saturated rings. The topological polar surface area (TPSA) is 28.2 Å². The van der Waals surface area contributed by atoms with Crippen LogP contribution in [0.2, 0.25) is 0 Å².